The summed E-state index contributed by atoms with van der Waals surface area (Å²) in [4.78, 5) is 10.3. The van der Waals surface area contributed by atoms with Gasteiger partial charge in [0.15, 0.2) is 0 Å². The highest BCUT2D eigenvalue weighted by molar-refractivity contribution is 7.79. The number of pyridine rings is 1. The van der Waals surface area contributed by atoms with Crippen molar-refractivity contribution in [2.45, 2.75) is 26.1 Å². The van der Waals surface area contributed by atoms with Crippen molar-refractivity contribution in [3.8, 4) is 22.4 Å². The largest absolute Gasteiger partial charge is 0.360 e. The average Bonchev–Trinajstić information content (AvgIpc) is 3.15. The topological polar surface area (TPSA) is 75.7 Å². The van der Waals surface area contributed by atoms with Gasteiger partial charge in [0.1, 0.15) is 6.17 Å². The molecule has 0 saturated heterocycles. The van der Waals surface area contributed by atoms with E-state index in [-0.39, 0.29) is 12.2 Å². The first-order valence-corrected chi connectivity index (χ1v) is 16.8. The Morgan fingerprint density at radius 1 is 0.714 bits per heavy atom. The minimum Gasteiger partial charge on any atom is -0.360 e. The maximum atomic E-state index is 6.42. The first-order chi connectivity index (χ1) is 23.9. The summed E-state index contributed by atoms with van der Waals surface area (Å²) < 4.78 is 4.30. The second-order valence-electron chi connectivity index (χ2n) is 12.7. The van der Waals surface area contributed by atoms with Crippen molar-refractivity contribution in [3.63, 3.8) is 0 Å². The normalized spacial score (nSPS) is 17.8. The summed E-state index contributed by atoms with van der Waals surface area (Å²) in [5.74, 6) is 0. The minimum atomic E-state index is -0.321. The minimum absolute atomic E-state index is 0.197. The zero-order valence-electron chi connectivity index (χ0n) is 27.3. The quantitative estimate of drug-likeness (QED) is 0.162. The van der Waals surface area contributed by atoms with Gasteiger partial charge in [0, 0.05) is 33.3 Å². The van der Waals surface area contributed by atoms with Gasteiger partial charge in [0.25, 0.3) is 0 Å². The number of hydrogen-bond donors (Lipinski definition) is 3. The molecule has 0 amide bonds. The van der Waals surface area contributed by atoms with E-state index in [4.69, 9.17) is 15.7 Å². The van der Waals surface area contributed by atoms with E-state index in [1.165, 1.54) is 11.1 Å². The number of fused-ring (bicyclic) bond motifs is 3. The number of aromatic nitrogens is 1. The van der Waals surface area contributed by atoms with E-state index in [1.807, 2.05) is 24.3 Å². The molecule has 8 rings (SSSR count). The molecular weight excluding hydrogens is 619 g/mol. The number of thiol groups is 1. The Hall–Kier alpha value is -5.56. The number of nitrogens with one attached hydrogen (secondary N) is 1. The van der Waals surface area contributed by atoms with E-state index in [1.54, 1.807) is 0 Å². The van der Waals surface area contributed by atoms with Crippen molar-refractivity contribution in [1.29, 1.82) is 0 Å². The van der Waals surface area contributed by atoms with Gasteiger partial charge in [-0.25, -0.2) is 9.38 Å². The Morgan fingerprint density at radius 3 is 2.14 bits per heavy atom. The first kappa shape index (κ1) is 30.8. The molecule has 5 nitrogen and oxygen atoms in total. The summed E-state index contributed by atoms with van der Waals surface area (Å²) in [6, 6.07) is 42.3. The lowest BCUT2D eigenvalue weighted by Crippen LogP contribution is -2.32. The van der Waals surface area contributed by atoms with Crippen LogP contribution >= 0.6 is 12.8 Å². The number of aryl methyl sites for hydroxylation is 2. The van der Waals surface area contributed by atoms with Crippen LogP contribution in [0, 0.1) is 13.8 Å². The Labute approximate surface area is 292 Å². The summed E-state index contributed by atoms with van der Waals surface area (Å²) in [6.45, 7) is 4.22. The van der Waals surface area contributed by atoms with Gasteiger partial charge in [-0.2, -0.15) is 0 Å². The summed E-state index contributed by atoms with van der Waals surface area (Å²) in [5, 5.41) is 4.70. The molecule has 49 heavy (non-hydrogen) atoms. The molecular formula is C43H35N5S. The van der Waals surface area contributed by atoms with Crippen LogP contribution in [-0.2, 0) is 0 Å². The fourth-order valence-corrected chi connectivity index (χ4v) is 6.87. The van der Waals surface area contributed by atoms with Crippen molar-refractivity contribution in [2.75, 3.05) is 0 Å². The molecule has 6 heteroatoms. The number of aliphatic imine (C=N–C) groups is 1. The highest BCUT2D eigenvalue weighted by Crippen LogP contribution is 2.36. The van der Waals surface area contributed by atoms with Gasteiger partial charge in [-0.05, 0) is 67.1 Å². The van der Waals surface area contributed by atoms with Gasteiger partial charge in [0.2, 0.25) is 0 Å². The predicted octanol–water partition coefficient (Wildman–Crippen LogP) is 9.31. The molecule has 0 radical (unpaired) electrons. The molecule has 2 atom stereocenters. The van der Waals surface area contributed by atoms with Gasteiger partial charge in [-0.1, -0.05) is 132 Å². The number of allylic oxidation sites excluding steroid dienone is 1. The standard InChI is InChI=1S/C43H35N5S/c1-26-10-14-29(15-11-26)38-25-39(47-43(46-38)31-16-12-27(2)13-17-31)33-7-5-6-32(24-33)28-18-20-30(21-19-28)41-35-22-23-36(44)42(48-49)40(35)34-8-3-4-9-37(34)45-41/h3-25,36,43,46,49H,44H2,1-2H3. The highest BCUT2D eigenvalue weighted by Gasteiger charge is 2.25. The number of rotatable bonds is 5. The molecule has 238 valence electrons. The van der Waals surface area contributed by atoms with Crippen LogP contribution in [0.25, 0.3) is 45.1 Å². The number of hydrogen-bond acceptors (Lipinski definition) is 6. The van der Waals surface area contributed by atoms with Gasteiger partial charge in [-0.3, -0.25) is 4.99 Å². The fraction of sp³-hybridized carbons (Fsp3) is 0.0930. The molecule has 1 aliphatic heterocycles. The lowest BCUT2D eigenvalue weighted by atomic mass is 9.87. The van der Waals surface area contributed by atoms with Crippen LogP contribution in [0.2, 0.25) is 0 Å². The monoisotopic (exact) mass is 653 g/mol. The van der Waals surface area contributed by atoms with E-state index in [9.17, 15) is 0 Å². The first-order valence-electron chi connectivity index (χ1n) is 16.4. The van der Waals surface area contributed by atoms with E-state index >= 15 is 0 Å². The molecule has 1 aromatic heterocycles. The van der Waals surface area contributed by atoms with Crippen LogP contribution in [0.1, 0.15) is 45.1 Å². The maximum Gasteiger partial charge on any atom is 0.145 e. The van der Waals surface area contributed by atoms with Crippen molar-refractivity contribution < 1.29 is 0 Å². The average molecular weight is 654 g/mol. The molecule has 0 spiro atoms. The second kappa shape index (κ2) is 12.8. The molecule has 3 N–H and O–H groups in total. The summed E-state index contributed by atoms with van der Waals surface area (Å²) in [5.41, 5.74) is 22.0. The molecule has 0 saturated carbocycles. The van der Waals surface area contributed by atoms with Crippen LogP contribution < -0.4 is 11.1 Å². The summed E-state index contributed by atoms with van der Waals surface area (Å²) in [7, 11) is 0. The van der Waals surface area contributed by atoms with Gasteiger partial charge in [0.05, 0.1) is 28.7 Å². The van der Waals surface area contributed by atoms with Gasteiger partial charge < -0.3 is 11.1 Å². The van der Waals surface area contributed by atoms with Crippen molar-refractivity contribution in [1.82, 2.24) is 10.3 Å². The Balaban J connectivity index is 1.17. The predicted molar refractivity (Wildman–Crippen MR) is 208 cm³/mol. The zero-order chi connectivity index (χ0) is 33.5. The molecule has 0 fully saturated rings. The number of para-hydroxylation sites is 1. The summed E-state index contributed by atoms with van der Waals surface area (Å²) >= 11 is 4.29. The lowest BCUT2D eigenvalue weighted by molar-refractivity contribution is 0.664. The smallest absolute Gasteiger partial charge is 0.145 e. The molecule has 2 heterocycles. The molecule has 6 aromatic rings. The van der Waals surface area contributed by atoms with E-state index in [0.717, 1.165) is 78.2 Å². The molecule has 5 aromatic carbocycles. The van der Waals surface area contributed by atoms with Crippen LogP contribution in [0.5, 0.6) is 0 Å². The van der Waals surface area contributed by atoms with Crippen LogP contribution in [0.15, 0.2) is 143 Å². The van der Waals surface area contributed by atoms with Gasteiger partial charge in [-0.15, -0.1) is 0 Å². The van der Waals surface area contributed by atoms with E-state index < -0.39 is 0 Å². The van der Waals surface area contributed by atoms with Crippen LogP contribution in [0.3, 0.4) is 0 Å². The Bertz CT molecular complexity index is 2330. The van der Waals surface area contributed by atoms with Crippen molar-refractivity contribution >= 4 is 46.9 Å². The number of nitrogens with two attached hydrogens (primary N) is 1. The summed E-state index contributed by atoms with van der Waals surface area (Å²) in [6.07, 6.45) is 5.99. The van der Waals surface area contributed by atoms with E-state index in [0.29, 0.717) is 0 Å². The third-order valence-electron chi connectivity index (χ3n) is 9.33. The molecule has 0 bridgehead atoms. The fourth-order valence-electron chi connectivity index (χ4n) is 6.64. The number of nitrogens with zero attached hydrogens (tertiary/aromatic N) is 3. The number of benzene rings is 5. The van der Waals surface area contributed by atoms with Gasteiger partial charge >= 0.3 is 0 Å². The highest BCUT2D eigenvalue weighted by atomic mass is 32.1. The maximum absolute atomic E-state index is 6.42. The second-order valence-corrected chi connectivity index (χ2v) is 12.9. The zero-order valence-corrected chi connectivity index (χ0v) is 28.2. The molecule has 2 aliphatic rings. The van der Waals surface area contributed by atoms with Crippen molar-refractivity contribution in [3.05, 3.63) is 172 Å². The van der Waals surface area contributed by atoms with E-state index in [2.05, 4.69) is 152 Å². The van der Waals surface area contributed by atoms with Crippen LogP contribution in [-0.4, -0.2) is 22.4 Å². The third kappa shape index (κ3) is 5.90. The SMILES string of the molecule is Cc1ccc(C2=CC(c3cccc(-c4ccc(-c5nc6ccccc6c6c5C=CC(N)C6=NS)cc4)c3)=NC(c3ccc(C)cc3)N2)cc1. The van der Waals surface area contributed by atoms with Crippen LogP contribution in [0.4, 0.5) is 0 Å². The Kier molecular flexibility index (Phi) is 8.04. The third-order valence-corrected chi connectivity index (χ3v) is 9.54. The Morgan fingerprint density at radius 2 is 1.39 bits per heavy atom. The molecule has 2 unspecified atom stereocenters. The molecule has 1 aliphatic carbocycles. The lowest BCUT2D eigenvalue weighted by Gasteiger charge is -2.25. The van der Waals surface area contributed by atoms with Crippen molar-refractivity contribution in [2.24, 2.45) is 15.1 Å².